The molecule has 4 nitrogen and oxygen atoms in total. The maximum atomic E-state index is 11.6. The number of carbonyl (C=O) groups excluding carboxylic acids is 2. The van der Waals surface area contributed by atoms with E-state index in [-0.39, 0.29) is 18.5 Å². The van der Waals surface area contributed by atoms with Crippen molar-refractivity contribution >= 4 is 23.7 Å². The molecule has 24 heavy (non-hydrogen) atoms. The molecule has 0 aromatic heterocycles. The van der Waals surface area contributed by atoms with Gasteiger partial charge in [-0.25, -0.2) is 0 Å². The van der Waals surface area contributed by atoms with Crippen LogP contribution in [0.2, 0.25) is 0 Å². The van der Waals surface area contributed by atoms with E-state index in [1.165, 1.54) is 25.6 Å². The van der Waals surface area contributed by atoms with Gasteiger partial charge < -0.3 is 9.47 Å². The van der Waals surface area contributed by atoms with Crippen molar-refractivity contribution in [2.75, 3.05) is 12.9 Å². The summed E-state index contributed by atoms with van der Waals surface area (Å²) in [6.45, 7) is 8.81. The molecular formula is C19H24O4S. The maximum Gasteiger partial charge on any atom is 0.303 e. The van der Waals surface area contributed by atoms with E-state index in [1.807, 2.05) is 37.4 Å². The second kappa shape index (κ2) is 9.98. The summed E-state index contributed by atoms with van der Waals surface area (Å²) in [5, 5.41) is 0. The fourth-order valence-corrected chi connectivity index (χ4v) is 2.88. The first-order chi connectivity index (χ1) is 11.3. The molecule has 0 heterocycles. The molecule has 0 aliphatic rings. The Hall–Kier alpha value is -2.01. The number of rotatable bonds is 8. The Bertz CT molecular complexity index is 634. The molecule has 0 aliphatic heterocycles. The van der Waals surface area contributed by atoms with Gasteiger partial charge in [0.2, 0.25) is 0 Å². The lowest BCUT2D eigenvalue weighted by atomic mass is 9.97. The molecule has 1 rings (SSSR count). The molecule has 130 valence electrons. The maximum absolute atomic E-state index is 11.6. The molecule has 5 heteroatoms. The van der Waals surface area contributed by atoms with Crippen LogP contribution in [0.25, 0.3) is 0 Å². The van der Waals surface area contributed by atoms with Crippen molar-refractivity contribution in [3.05, 3.63) is 58.5 Å². The van der Waals surface area contributed by atoms with Gasteiger partial charge in [-0.15, -0.1) is 11.8 Å². The topological polar surface area (TPSA) is 52.6 Å². The van der Waals surface area contributed by atoms with Crippen molar-refractivity contribution in [1.82, 2.24) is 0 Å². The van der Waals surface area contributed by atoms with Crippen molar-refractivity contribution in [2.24, 2.45) is 0 Å². The molecule has 0 aliphatic carbocycles. The first-order valence-corrected chi connectivity index (χ1v) is 8.84. The van der Waals surface area contributed by atoms with E-state index in [0.717, 1.165) is 21.6 Å². The number of benzene rings is 1. The number of thioether (sulfide) groups is 1. The minimum Gasteiger partial charge on any atom is -0.462 e. The van der Waals surface area contributed by atoms with Gasteiger partial charge in [-0.2, -0.15) is 0 Å². The average Bonchev–Trinajstić information content (AvgIpc) is 2.49. The lowest BCUT2D eigenvalue weighted by Crippen LogP contribution is -2.13. The Morgan fingerprint density at radius 2 is 1.88 bits per heavy atom. The predicted molar refractivity (Wildman–Crippen MR) is 97.7 cm³/mol. The zero-order chi connectivity index (χ0) is 18.1. The van der Waals surface area contributed by atoms with Gasteiger partial charge in [0.25, 0.3) is 0 Å². The van der Waals surface area contributed by atoms with Crippen LogP contribution in [0.5, 0.6) is 0 Å². The van der Waals surface area contributed by atoms with Gasteiger partial charge in [0.15, 0.2) is 6.10 Å². The number of hydrogen-bond donors (Lipinski definition) is 0. The van der Waals surface area contributed by atoms with Crippen LogP contribution in [0.4, 0.5) is 0 Å². The van der Waals surface area contributed by atoms with E-state index >= 15 is 0 Å². The number of hydrogen-bond acceptors (Lipinski definition) is 5. The van der Waals surface area contributed by atoms with Crippen molar-refractivity contribution in [3.63, 3.8) is 0 Å². The molecule has 0 saturated heterocycles. The van der Waals surface area contributed by atoms with Crippen LogP contribution in [0, 0.1) is 0 Å². The first kappa shape index (κ1) is 20.0. The standard InChI is InChI=1S/C19H24O4S/c1-13(2)12-16-8-6-7-9-17(16)19(23-15(4)21)18(24-5)10-11-22-14(3)20/h6-10,19H,1,11-12H2,2-5H3/b18-10-. The van der Waals surface area contributed by atoms with Gasteiger partial charge >= 0.3 is 11.9 Å². The SMILES string of the molecule is C=C(C)Cc1ccccc1C(OC(C)=O)/C(=C/COC(C)=O)SC. The van der Waals surface area contributed by atoms with Crippen molar-refractivity contribution in [3.8, 4) is 0 Å². The zero-order valence-electron chi connectivity index (χ0n) is 14.6. The minimum absolute atomic E-state index is 0.145. The fourth-order valence-electron chi connectivity index (χ4n) is 2.26. The quantitative estimate of drug-likeness (QED) is 0.520. The summed E-state index contributed by atoms with van der Waals surface area (Å²) in [5.74, 6) is -0.712. The van der Waals surface area contributed by atoms with Crippen LogP contribution >= 0.6 is 11.8 Å². The van der Waals surface area contributed by atoms with Crippen LogP contribution in [-0.4, -0.2) is 24.8 Å². The van der Waals surface area contributed by atoms with Gasteiger partial charge in [-0.05, 0) is 31.2 Å². The number of carbonyl (C=O) groups is 2. The van der Waals surface area contributed by atoms with E-state index in [0.29, 0.717) is 6.42 Å². The highest BCUT2D eigenvalue weighted by atomic mass is 32.2. The van der Waals surface area contributed by atoms with Crippen molar-refractivity contribution < 1.29 is 19.1 Å². The predicted octanol–water partition coefficient (Wildman–Crippen LogP) is 4.22. The molecule has 0 radical (unpaired) electrons. The largest absolute Gasteiger partial charge is 0.462 e. The average molecular weight is 348 g/mol. The Kier molecular flexibility index (Phi) is 8.33. The van der Waals surface area contributed by atoms with E-state index < -0.39 is 6.10 Å². The summed E-state index contributed by atoms with van der Waals surface area (Å²) in [6, 6.07) is 7.82. The second-order valence-electron chi connectivity index (χ2n) is 5.44. The third-order valence-electron chi connectivity index (χ3n) is 3.18. The summed E-state index contributed by atoms with van der Waals surface area (Å²) in [4.78, 5) is 23.4. The monoisotopic (exact) mass is 348 g/mol. The van der Waals surface area contributed by atoms with Gasteiger partial charge in [0.1, 0.15) is 6.61 Å². The van der Waals surface area contributed by atoms with E-state index in [4.69, 9.17) is 9.47 Å². The molecule has 0 saturated carbocycles. The first-order valence-electron chi connectivity index (χ1n) is 7.62. The summed E-state index contributed by atoms with van der Waals surface area (Å²) < 4.78 is 10.5. The highest BCUT2D eigenvalue weighted by Gasteiger charge is 2.22. The van der Waals surface area contributed by atoms with Gasteiger partial charge in [0.05, 0.1) is 0 Å². The number of ether oxygens (including phenoxy) is 2. The summed E-state index contributed by atoms with van der Waals surface area (Å²) in [7, 11) is 0. The van der Waals surface area contributed by atoms with Crippen LogP contribution in [-0.2, 0) is 25.5 Å². The van der Waals surface area contributed by atoms with Gasteiger partial charge in [0, 0.05) is 24.3 Å². The zero-order valence-corrected chi connectivity index (χ0v) is 15.4. The van der Waals surface area contributed by atoms with E-state index in [2.05, 4.69) is 6.58 Å². The van der Waals surface area contributed by atoms with Crippen LogP contribution in [0.3, 0.4) is 0 Å². The molecule has 0 amide bonds. The van der Waals surface area contributed by atoms with Gasteiger partial charge in [-0.3, -0.25) is 9.59 Å². The Balaban J connectivity index is 3.22. The van der Waals surface area contributed by atoms with Crippen LogP contribution < -0.4 is 0 Å². The molecule has 0 N–H and O–H groups in total. The Morgan fingerprint density at radius 3 is 2.42 bits per heavy atom. The summed E-state index contributed by atoms with van der Waals surface area (Å²) >= 11 is 1.46. The minimum atomic E-state index is -0.524. The summed E-state index contributed by atoms with van der Waals surface area (Å²) in [5.41, 5.74) is 3.00. The third-order valence-corrected chi connectivity index (χ3v) is 4.03. The molecule has 0 fully saturated rings. The highest BCUT2D eigenvalue weighted by Crippen LogP contribution is 2.35. The molecule has 1 unspecified atom stereocenters. The highest BCUT2D eigenvalue weighted by molar-refractivity contribution is 8.02. The van der Waals surface area contributed by atoms with Crippen molar-refractivity contribution in [1.29, 1.82) is 0 Å². The van der Waals surface area contributed by atoms with E-state index in [1.54, 1.807) is 6.08 Å². The lowest BCUT2D eigenvalue weighted by molar-refractivity contribution is -0.145. The molecule has 0 bridgehead atoms. The molecule has 1 atom stereocenters. The summed E-state index contributed by atoms with van der Waals surface area (Å²) in [6.07, 6.45) is 3.86. The molecule has 1 aromatic carbocycles. The van der Waals surface area contributed by atoms with Crippen LogP contribution in [0.1, 0.15) is 38.0 Å². The van der Waals surface area contributed by atoms with Crippen LogP contribution in [0.15, 0.2) is 47.4 Å². The lowest BCUT2D eigenvalue weighted by Gasteiger charge is -2.22. The Labute approximate surface area is 147 Å². The number of allylic oxidation sites excluding steroid dienone is 1. The normalized spacial score (nSPS) is 12.4. The number of esters is 2. The van der Waals surface area contributed by atoms with Crippen molar-refractivity contribution in [2.45, 2.75) is 33.3 Å². The second-order valence-corrected chi connectivity index (χ2v) is 6.32. The molecule has 1 aromatic rings. The Morgan fingerprint density at radius 1 is 1.21 bits per heavy atom. The van der Waals surface area contributed by atoms with E-state index in [9.17, 15) is 9.59 Å². The molecular weight excluding hydrogens is 324 g/mol. The fraction of sp³-hybridized carbons (Fsp3) is 0.368. The smallest absolute Gasteiger partial charge is 0.303 e. The van der Waals surface area contributed by atoms with Gasteiger partial charge in [-0.1, -0.05) is 36.4 Å². The third kappa shape index (κ3) is 6.62. The molecule has 0 spiro atoms.